The van der Waals surface area contributed by atoms with Crippen molar-refractivity contribution >= 4 is 5.97 Å². The molecule has 0 bridgehead atoms. The Morgan fingerprint density at radius 3 is 2.50 bits per heavy atom. The number of imidazole rings is 1. The maximum absolute atomic E-state index is 13.6. The van der Waals surface area contributed by atoms with Crippen LogP contribution in [-0.4, -0.2) is 20.6 Å². The van der Waals surface area contributed by atoms with E-state index in [2.05, 4.69) is 10.3 Å². The molecule has 0 saturated carbocycles. The van der Waals surface area contributed by atoms with Crippen molar-refractivity contribution < 1.29 is 23.1 Å². The number of allylic oxidation sites excluding steroid dienone is 3. The molecule has 1 aromatic heterocycles. The molecule has 0 spiro atoms. The summed E-state index contributed by atoms with van der Waals surface area (Å²) in [4.78, 5) is 16.6. The summed E-state index contributed by atoms with van der Waals surface area (Å²) in [6.07, 6.45) is 0.265. The van der Waals surface area contributed by atoms with Gasteiger partial charge in [-0.3, -0.25) is 0 Å². The molecule has 0 saturated heterocycles. The average Bonchev–Trinajstić information content (AvgIpc) is 3.21. The number of rotatable bonds is 5. The third-order valence-corrected chi connectivity index (χ3v) is 5.28. The van der Waals surface area contributed by atoms with Crippen LogP contribution in [0.15, 0.2) is 90.2 Å². The molecule has 1 aliphatic heterocycles. The van der Waals surface area contributed by atoms with E-state index < -0.39 is 23.6 Å². The van der Waals surface area contributed by atoms with Crippen LogP contribution in [0.5, 0.6) is 0 Å². The second-order valence-corrected chi connectivity index (χ2v) is 7.53. The Hall–Kier alpha value is -3.81. The van der Waals surface area contributed by atoms with Crippen LogP contribution in [0.4, 0.5) is 13.2 Å². The van der Waals surface area contributed by atoms with Gasteiger partial charge < -0.3 is 15.0 Å². The molecule has 32 heavy (non-hydrogen) atoms. The summed E-state index contributed by atoms with van der Waals surface area (Å²) in [5, 5.41) is 13.0. The van der Waals surface area contributed by atoms with Crippen LogP contribution in [0.3, 0.4) is 0 Å². The van der Waals surface area contributed by atoms with Gasteiger partial charge in [-0.2, -0.15) is 13.2 Å². The molecule has 8 heteroatoms. The Balaban J connectivity index is 1.75. The van der Waals surface area contributed by atoms with E-state index in [0.717, 1.165) is 11.6 Å². The van der Waals surface area contributed by atoms with E-state index in [1.54, 1.807) is 24.0 Å². The first-order chi connectivity index (χ1) is 15.2. The van der Waals surface area contributed by atoms with Gasteiger partial charge in [0, 0.05) is 29.1 Å². The number of hydrogen-bond donors (Lipinski definition) is 2. The number of carboxylic acids is 1. The molecule has 1 unspecified atom stereocenters. The Morgan fingerprint density at radius 2 is 1.81 bits per heavy atom. The normalized spacial score (nSPS) is 16.5. The molecule has 0 aliphatic carbocycles. The van der Waals surface area contributed by atoms with E-state index in [1.807, 2.05) is 30.3 Å². The summed E-state index contributed by atoms with van der Waals surface area (Å²) < 4.78 is 42.6. The second-order valence-electron chi connectivity index (χ2n) is 7.53. The topological polar surface area (TPSA) is 67.1 Å². The standard InChI is InChI=1S/C24H20F3N3O2/c1-15-11-18(17-9-5-6-10-19(17)24(25,26)27)22(23(31)32)21(29-15)13-30-12-20(28-14-30)16-7-3-2-4-8-16/h2-12,14,18,29H,13H2,1H3,(H,31,32). The number of nitrogens with one attached hydrogen (secondary N) is 1. The highest BCUT2D eigenvalue weighted by molar-refractivity contribution is 5.90. The van der Waals surface area contributed by atoms with Crippen LogP contribution in [0, 0.1) is 0 Å². The summed E-state index contributed by atoms with van der Waals surface area (Å²) in [5.74, 6) is -2.32. The lowest BCUT2D eigenvalue weighted by Gasteiger charge is -2.28. The van der Waals surface area contributed by atoms with Crippen LogP contribution < -0.4 is 5.32 Å². The summed E-state index contributed by atoms with van der Waals surface area (Å²) in [6.45, 7) is 1.82. The van der Waals surface area contributed by atoms with E-state index in [4.69, 9.17) is 0 Å². The third-order valence-electron chi connectivity index (χ3n) is 5.28. The number of aromatic nitrogens is 2. The van der Waals surface area contributed by atoms with Crippen molar-refractivity contribution in [3.8, 4) is 11.3 Å². The summed E-state index contributed by atoms with van der Waals surface area (Å²) in [6, 6.07) is 14.6. The van der Waals surface area contributed by atoms with Crippen LogP contribution in [-0.2, 0) is 17.5 Å². The van der Waals surface area contributed by atoms with Gasteiger partial charge in [0.25, 0.3) is 0 Å². The summed E-state index contributed by atoms with van der Waals surface area (Å²) in [7, 11) is 0. The molecule has 2 heterocycles. The molecule has 1 atom stereocenters. The number of nitrogens with zero attached hydrogens (tertiary/aromatic N) is 2. The van der Waals surface area contributed by atoms with Gasteiger partial charge in [-0.15, -0.1) is 0 Å². The average molecular weight is 439 g/mol. The minimum Gasteiger partial charge on any atom is -0.478 e. The first kappa shape index (κ1) is 21.4. The van der Waals surface area contributed by atoms with Crippen molar-refractivity contribution in [1.82, 2.24) is 14.9 Å². The number of carbonyl (C=O) groups is 1. The van der Waals surface area contributed by atoms with Gasteiger partial charge in [0.1, 0.15) is 0 Å². The van der Waals surface area contributed by atoms with Gasteiger partial charge in [0.15, 0.2) is 0 Å². The number of alkyl halides is 3. The van der Waals surface area contributed by atoms with Gasteiger partial charge in [0.05, 0.1) is 29.7 Å². The zero-order valence-corrected chi connectivity index (χ0v) is 17.1. The van der Waals surface area contributed by atoms with Gasteiger partial charge in [-0.1, -0.05) is 54.6 Å². The highest BCUT2D eigenvalue weighted by Gasteiger charge is 2.38. The van der Waals surface area contributed by atoms with Crippen LogP contribution in [0.2, 0.25) is 0 Å². The summed E-state index contributed by atoms with van der Waals surface area (Å²) >= 11 is 0. The monoisotopic (exact) mass is 439 g/mol. The van der Waals surface area contributed by atoms with E-state index >= 15 is 0 Å². The third kappa shape index (κ3) is 4.30. The lowest BCUT2D eigenvalue weighted by Crippen LogP contribution is -2.29. The molecular weight excluding hydrogens is 419 g/mol. The van der Waals surface area contributed by atoms with Crippen LogP contribution in [0.25, 0.3) is 11.3 Å². The maximum atomic E-state index is 13.6. The number of benzene rings is 2. The van der Waals surface area contributed by atoms with Gasteiger partial charge in [-0.05, 0) is 18.6 Å². The molecule has 2 aromatic carbocycles. The van der Waals surface area contributed by atoms with Crippen molar-refractivity contribution in [2.45, 2.75) is 25.6 Å². The maximum Gasteiger partial charge on any atom is 0.416 e. The molecule has 4 rings (SSSR count). The van der Waals surface area contributed by atoms with E-state index in [1.165, 1.54) is 24.3 Å². The van der Waals surface area contributed by atoms with Crippen molar-refractivity contribution in [2.75, 3.05) is 0 Å². The largest absolute Gasteiger partial charge is 0.478 e. The van der Waals surface area contributed by atoms with Gasteiger partial charge in [0.2, 0.25) is 0 Å². The molecule has 5 nitrogen and oxygen atoms in total. The molecule has 0 fully saturated rings. The minimum absolute atomic E-state index is 0.0913. The predicted octanol–water partition coefficient (Wildman–Crippen LogP) is 5.20. The first-order valence-electron chi connectivity index (χ1n) is 9.89. The Labute approximate surface area is 182 Å². The molecular formula is C24H20F3N3O2. The number of dihydropyridines is 1. The molecule has 1 aliphatic rings. The van der Waals surface area contributed by atoms with Crippen LogP contribution >= 0.6 is 0 Å². The van der Waals surface area contributed by atoms with E-state index in [-0.39, 0.29) is 17.7 Å². The SMILES string of the molecule is CC1=CC(c2ccccc2C(F)(F)F)C(C(=O)O)=C(Cn2cnc(-c3ccccc3)c2)N1. The lowest BCUT2D eigenvalue weighted by molar-refractivity contribution is -0.139. The Kier molecular flexibility index (Phi) is 5.61. The molecule has 3 aromatic rings. The van der Waals surface area contributed by atoms with E-state index in [0.29, 0.717) is 17.1 Å². The van der Waals surface area contributed by atoms with Crippen molar-refractivity contribution in [1.29, 1.82) is 0 Å². The molecule has 2 N–H and O–H groups in total. The van der Waals surface area contributed by atoms with Crippen molar-refractivity contribution in [2.24, 2.45) is 0 Å². The van der Waals surface area contributed by atoms with Gasteiger partial charge in [-0.25, -0.2) is 9.78 Å². The van der Waals surface area contributed by atoms with E-state index in [9.17, 15) is 23.1 Å². The van der Waals surface area contributed by atoms with Crippen LogP contribution in [0.1, 0.15) is 24.0 Å². The highest BCUT2D eigenvalue weighted by atomic mass is 19.4. The molecule has 0 amide bonds. The quantitative estimate of drug-likeness (QED) is 0.574. The number of carboxylic acid groups (broad SMARTS) is 1. The number of hydrogen-bond acceptors (Lipinski definition) is 3. The first-order valence-corrected chi connectivity index (χ1v) is 9.89. The second kappa shape index (κ2) is 8.37. The smallest absolute Gasteiger partial charge is 0.416 e. The predicted molar refractivity (Wildman–Crippen MR) is 113 cm³/mol. The zero-order chi connectivity index (χ0) is 22.9. The van der Waals surface area contributed by atoms with Crippen molar-refractivity contribution in [3.63, 3.8) is 0 Å². The van der Waals surface area contributed by atoms with Gasteiger partial charge >= 0.3 is 12.1 Å². The fourth-order valence-corrected chi connectivity index (χ4v) is 3.91. The lowest BCUT2D eigenvalue weighted by atomic mass is 9.84. The van der Waals surface area contributed by atoms with Crippen molar-refractivity contribution in [3.05, 3.63) is 101 Å². The Bertz CT molecular complexity index is 1210. The zero-order valence-electron chi connectivity index (χ0n) is 17.1. The fraction of sp³-hybridized carbons (Fsp3) is 0.167. The molecule has 164 valence electrons. The fourth-order valence-electron chi connectivity index (χ4n) is 3.91. The Morgan fingerprint density at radius 1 is 1.12 bits per heavy atom. The minimum atomic E-state index is -4.60. The number of aliphatic carboxylic acids is 1. The number of halogens is 3. The molecule has 0 radical (unpaired) electrons. The summed E-state index contributed by atoms with van der Waals surface area (Å²) in [5.41, 5.74) is 1.46. The highest BCUT2D eigenvalue weighted by Crippen LogP contribution is 2.40.